The van der Waals surface area contributed by atoms with Gasteiger partial charge in [0.25, 0.3) is 0 Å². The molecular formula is C27H24N4O3. The van der Waals surface area contributed by atoms with E-state index >= 15 is 0 Å². The van der Waals surface area contributed by atoms with Gasteiger partial charge in [-0.15, -0.1) is 0 Å². The fourth-order valence-electron chi connectivity index (χ4n) is 4.92. The number of methoxy groups -OCH3 is 2. The lowest BCUT2D eigenvalue weighted by molar-refractivity contribution is 0.216. The maximum atomic E-state index is 6.73. The van der Waals surface area contributed by atoms with Crippen LogP contribution in [0.4, 0.5) is 5.95 Å². The highest BCUT2D eigenvalue weighted by Gasteiger charge is 2.42. The Morgan fingerprint density at radius 2 is 1.82 bits per heavy atom. The number of hydrogen-bond acceptors (Lipinski definition) is 6. The molecule has 1 N–H and O–H groups in total. The molecule has 0 fully saturated rings. The van der Waals surface area contributed by atoms with Crippen LogP contribution in [0.2, 0.25) is 0 Å². The van der Waals surface area contributed by atoms with Crippen LogP contribution in [0.5, 0.6) is 17.2 Å². The third-order valence-corrected chi connectivity index (χ3v) is 6.40. The Bertz CT molecular complexity index is 1410. The quantitative estimate of drug-likeness (QED) is 0.461. The van der Waals surface area contributed by atoms with Gasteiger partial charge in [0, 0.05) is 16.7 Å². The zero-order valence-electron chi connectivity index (χ0n) is 19.1. The second kappa shape index (κ2) is 7.95. The van der Waals surface area contributed by atoms with E-state index < -0.39 is 6.10 Å². The minimum atomic E-state index is -0.440. The Labute approximate surface area is 197 Å². The maximum Gasteiger partial charge on any atom is 0.226 e. The molecule has 2 aliphatic heterocycles. The Morgan fingerprint density at radius 1 is 0.971 bits per heavy atom. The Kier molecular flexibility index (Phi) is 4.76. The van der Waals surface area contributed by atoms with Crippen LogP contribution in [0.15, 0.2) is 78.6 Å². The van der Waals surface area contributed by atoms with Gasteiger partial charge in [-0.2, -0.15) is 10.1 Å². The molecule has 0 saturated carbocycles. The van der Waals surface area contributed by atoms with Gasteiger partial charge in [-0.1, -0.05) is 54.1 Å². The zero-order valence-corrected chi connectivity index (χ0v) is 19.1. The first kappa shape index (κ1) is 20.4. The molecule has 0 bridgehead atoms. The first-order chi connectivity index (χ1) is 16.7. The molecule has 7 nitrogen and oxygen atoms in total. The van der Waals surface area contributed by atoms with Crippen molar-refractivity contribution in [3.8, 4) is 17.2 Å². The van der Waals surface area contributed by atoms with Crippen molar-refractivity contribution in [1.29, 1.82) is 0 Å². The minimum Gasteiger partial charge on any atom is -0.493 e. The van der Waals surface area contributed by atoms with Gasteiger partial charge >= 0.3 is 0 Å². The summed E-state index contributed by atoms with van der Waals surface area (Å²) >= 11 is 0. The second-order valence-corrected chi connectivity index (χ2v) is 8.38. The van der Waals surface area contributed by atoms with Crippen LogP contribution < -0.4 is 19.5 Å². The van der Waals surface area contributed by atoms with Crippen LogP contribution in [0.3, 0.4) is 0 Å². The molecule has 3 heterocycles. The first-order valence-electron chi connectivity index (χ1n) is 11.1. The molecule has 3 aromatic carbocycles. The summed E-state index contributed by atoms with van der Waals surface area (Å²) in [5.41, 5.74) is 6.14. The molecule has 4 aromatic rings. The molecule has 170 valence electrons. The standard InChI is InChI=1S/C27H24N4O3/c1-16-12-13-20-19(14-16)23-22(26(34-20)18-10-7-11-21(32-2)25(18)33-3)24(17-8-5-4-6-9-17)31-27(30-23)28-15-29-31/h4-15,24,26H,1-3H3,(H,28,29,30)/t24-,26+/m0/s1. The first-order valence-corrected chi connectivity index (χ1v) is 11.1. The summed E-state index contributed by atoms with van der Waals surface area (Å²) in [6, 6.07) is 22.2. The van der Waals surface area contributed by atoms with Crippen molar-refractivity contribution in [3.63, 3.8) is 0 Å². The normalized spacial score (nSPS) is 18.2. The minimum absolute atomic E-state index is 0.218. The summed E-state index contributed by atoms with van der Waals surface area (Å²) in [7, 11) is 3.29. The summed E-state index contributed by atoms with van der Waals surface area (Å²) in [6.45, 7) is 2.08. The predicted octanol–water partition coefficient (Wildman–Crippen LogP) is 5.16. The molecule has 34 heavy (non-hydrogen) atoms. The lowest BCUT2D eigenvalue weighted by atomic mass is 9.84. The molecule has 0 spiro atoms. The van der Waals surface area contributed by atoms with Crippen molar-refractivity contribution >= 4 is 11.6 Å². The summed E-state index contributed by atoms with van der Waals surface area (Å²) in [4.78, 5) is 4.50. The second-order valence-electron chi connectivity index (χ2n) is 8.38. The molecule has 0 amide bonds. The number of benzene rings is 3. The van der Waals surface area contributed by atoms with Gasteiger partial charge < -0.3 is 19.5 Å². The highest BCUT2D eigenvalue weighted by Crippen LogP contribution is 2.52. The number of anilines is 1. The van der Waals surface area contributed by atoms with E-state index in [9.17, 15) is 0 Å². The van der Waals surface area contributed by atoms with Gasteiger partial charge in [0.1, 0.15) is 18.1 Å². The van der Waals surface area contributed by atoms with E-state index in [1.807, 2.05) is 47.1 Å². The molecule has 0 saturated heterocycles. The monoisotopic (exact) mass is 452 g/mol. The number of aryl methyl sites for hydroxylation is 1. The predicted molar refractivity (Wildman–Crippen MR) is 129 cm³/mol. The van der Waals surface area contributed by atoms with Crippen molar-refractivity contribution in [2.24, 2.45) is 0 Å². The molecule has 7 heteroatoms. The molecule has 6 rings (SSSR count). The summed E-state index contributed by atoms with van der Waals surface area (Å²) in [6.07, 6.45) is 1.14. The summed E-state index contributed by atoms with van der Waals surface area (Å²) < 4.78 is 20.1. The lowest BCUT2D eigenvalue weighted by Gasteiger charge is -2.39. The van der Waals surface area contributed by atoms with E-state index in [2.05, 4.69) is 46.6 Å². The van der Waals surface area contributed by atoms with Crippen molar-refractivity contribution in [2.45, 2.75) is 19.1 Å². The van der Waals surface area contributed by atoms with Gasteiger partial charge in [0.15, 0.2) is 17.6 Å². The Hall–Kier alpha value is -4.26. The zero-order chi connectivity index (χ0) is 23.2. The van der Waals surface area contributed by atoms with Crippen LogP contribution in [0.1, 0.15) is 34.4 Å². The number of hydrogen-bond donors (Lipinski definition) is 1. The fraction of sp³-hybridized carbons (Fsp3) is 0.185. The summed E-state index contributed by atoms with van der Waals surface area (Å²) in [5.74, 6) is 2.79. The smallest absolute Gasteiger partial charge is 0.226 e. The number of rotatable bonds is 4. The third-order valence-electron chi connectivity index (χ3n) is 6.40. The lowest BCUT2D eigenvalue weighted by Crippen LogP contribution is -2.32. The SMILES string of the molecule is COc1cccc([C@H]2Oc3ccc(C)cc3C3=C2[C@H](c2ccccc2)n2ncnc2N3)c1OC. The van der Waals surface area contributed by atoms with Crippen molar-refractivity contribution in [2.75, 3.05) is 19.5 Å². The van der Waals surface area contributed by atoms with E-state index in [4.69, 9.17) is 14.2 Å². The number of nitrogens with zero attached hydrogens (tertiary/aromatic N) is 3. The van der Waals surface area contributed by atoms with Crippen LogP contribution in [-0.4, -0.2) is 29.0 Å². The molecule has 0 unspecified atom stereocenters. The number of ether oxygens (including phenoxy) is 3. The Balaban J connectivity index is 1.66. The molecule has 0 aliphatic carbocycles. The average Bonchev–Trinajstić information content (AvgIpc) is 3.35. The van der Waals surface area contributed by atoms with Crippen molar-refractivity contribution < 1.29 is 14.2 Å². The Morgan fingerprint density at radius 3 is 2.62 bits per heavy atom. The van der Waals surface area contributed by atoms with Crippen molar-refractivity contribution in [1.82, 2.24) is 14.8 Å². The van der Waals surface area contributed by atoms with Gasteiger partial charge in [0.05, 0.1) is 19.9 Å². The molecule has 1 aromatic heterocycles. The van der Waals surface area contributed by atoms with E-state index in [-0.39, 0.29) is 6.04 Å². The molecular weight excluding hydrogens is 428 g/mol. The van der Waals surface area contributed by atoms with Gasteiger partial charge in [-0.05, 0) is 30.7 Å². The number of para-hydroxylation sites is 1. The largest absolute Gasteiger partial charge is 0.493 e. The number of nitrogens with one attached hydrogen (secondary N) is 1. The van der Waals surface area contributed by atoms with E-state index in [0.29, 0.717) is 17.4 Å². The van der Waals surface area contributed by atoms with E-state index in [1.165, 1.54) is 0 Å². The fourth-order valence-corrected chi connectivity index (χ4v) is 4.92. The van der Waals surface area contributed by atoms with Gasteiger partial charge in [-0.3, -0.25) is 0 Å². The number of fused-ring (bicyclic) bond motifs is 3. The highest BCUT2D eigenvalue weighted by atomic mass is 16.5. The average molecular weight is 453 g/mol. The third kappa shape index (κ3) is 3.04. The molecule has 0 radical (unpaired) electrons. The van der Waals surface area contributed by atoms with E-state index in [0.717, 1.165) is 39.3 Å². The van der Waals surface area contributed by atoms with E-state index in [1.54, 1.807) is 20.5 Å². The van der Waals surface area contributed by atoms with Gasteiger partial charge in [-0.25, -0.2) is 4.68 Å². The van der Waals surface area contributed by atoms with Crippen LogP contribution >= 0.6 is 0 Å². The highest BCUT2D eigenvalue weighted by molar-refractivity contribution is 5.85. The maximum absolute atomic E-state index is 6.73. The number of aromatic nitrogens is 3. The van der Waals surface area contributed by atoms with Gasteiger partial charge in [0.2, 0.25) is 5.95 Å². The van der Waals surface area contributed by atoms with Crippen LogP contribution in [-0.2, 0) is 0 Å². The molecule has 2 atom stereocenters. The molecule has 2 aliphatic rings. The summed E-state index contributed by atoms with van der Waals surface area (Å²) in [5, 5.41) is 8.13. The van der Waals surface area contributed by atoms with Crippen molar-refractivity contribution in [3.05, 3.63) is 101 Å². The van der Waals surface area contributed by atoms with Crippen LogP contribution in [0.25, 0.3) is 5.70 Å². The topological polar surface area (TPSA) is 70.4 Å². The van der Waals surface area contributed by atoms with Crippen LogP contribution in [0, 0.1) is 6.92 Å².